The smallest absolute Gasteiger partial charge is 0.433 e. The van der Waals surface area contributed by atoms with Crippen LogP contribution in [-0.2, 0) is 9.53 Å². The molecule has 0 aromatic carbocycles. The lowest BCUT2D eigenvalue weighted by atomic mass is 10.1. The molecular formula is C9H8F6N2O2. The second-order valence-corrected chi connectivity index (χ2v) is 3.41. The van der Waals surface area contributed by atoms with Crippen LogP contribution < -0.4 is 5.32 Å². The van der Waals surface area contributed by atoms with Gasteiger partial charge in [0.1, 0.15) is 5.70 Å². The van der Waals surface area contributed by atoms with E-state index in [9.17, 15) is 31.1 Å². The summed E-state index contributed by atoms with van der Waals surface area (Å²) in [6.07, 6.45) is -10.6. The maximum Gasteiger partial charge on any atom is 0.433 e. The number of amides is 1. The summed E-state index contributed by atoms with van der Waals surface area (Å²) in [7, 11) is 0. The number of halogens is 6. The minimum absolute atomic E-state index is 0.166. The molecule has 1 N–H and O–H groups in total. The number of carbonyl (C=O) groups is 1. The van der Waals surface area contributed by atoms with Crippen LogP contribution in [0.4, 0.5) is 26.3 Å². The SMILES string of the molecule is CCOC1=NC(C(F)(F)F)=CC(C(F)(F)F)C(=O)N1. The average Bonchev–Trinajstić information content (AvgIpc) is 2.36. The lowest BCUT2D eigenvalue weighted by Gasteiger charge is -2.15. The van der Waals surface area contributed by atoms with E-state index in [1.807, 2.05) is 0 Å². The van der Waals surface area contributed by atoms with Crippen LogP contribution in [0.5, 0.6) is 0 Å². The quantitative estimate of drug-likeness (QED) is 0.752. The van der Waals surface area contributed by atoms with Crippen molar-refractivity contribution in [2.24, 2.45) is 10.9 Å². The number of nitrogens with zero attached hydrogens (tertiary/aromatic N) is 1. The molecule has 4 nitrogen and oxygen atoms in total. The number of rotatable bonds is 1. The first kappa shape index (κ1) is 15.3. The van der Waals surface area contributed by atoms with Crippen LogP contribution in [-0.4, -0.2) is 30.9 Å². The average molecular weight is 290 g/mol. The number of amidine groups is 1. The number of nitrogens with one attached hydrogen (secondary N) is 1. The number of hydrogen-bond donors (Lipinski definition) is 1. The molecule has 0 radical (unpaired) electrons. The molecule has 0 saturated carbocycles. The number of ether oxygens (including phenoxy) is 1. The highest BCUT2D eigenvalue weighted by Gasteiger charge is 2.48. The summed E-state index contributed by atoms with van der Waals surface area (Å²) < 4.78 is 79.4. The van der Waals surface area contributed by atoms with Gasteiger partial charge in [0.2, 0.25) is 5.91 Å². The third-order valence-electron chi connectivity index (χ3n) is 1.98. The van der Waals surface area contributed by atoms with Crippen LogP contribution >= 0.6 is 0 Å². The molecule has 108 valence electrons. The Hall–Kier alpha value is -1.74. The molecule has 0 aromatic heterocycles. The topological polar surface area (TPSA) is 50.7 Å². The highest BCUT2D eigenvalue weighted by atomic mass is 19.4. The molecule has 1 aliphatic heterocycles. The van der Waals surface area contributed by atoms with E-state index in [2.05, 4.69) is 9.73 Å². The zero-order chi connectivity index (χ0) is 14.8. The van der Waals surface area contributed by atoms with Gasteiger partial charge >= 0.3 is 12.4 Å². The van der Waals surface area contributed by atoms with Crippen LogP contribution in [0.1, 0.15) is 6.92 Å². The number of carbonyl (C=O) groups excluding carboxylic acids is 1. The highest BCUT2D eigenvalue weighted by Crippen LogP contribution is 2.34. The van der Waals surface area contributed by atoms with Crippen LogP contribution in [0.2, 0.25) is 0 Å². The first-order chi connectivity index (χ1) is 8.55. The number of alkyl halides is 6. The summed E-state index contributed by atoms with van der Waals surface area (Å²) in [6, 6.07) is -0.914. The molecule has 0 aromatic rings. The standard InChI is InChI=1S/C9H8F6N2O2/c1-2-19-7-16-5(9(13,14)15)3-4(6(18)17-7)8(10,11)12/h3-4H,2H2,1H3,(H,16,17,18). The zero-order valence-corrected chi connectivity index (χ0v) is 9.39. The van der Waals surface area contributed by atoms with Gasteiger partial charge in [-0.2, -0.15) is 31.3 Å². The van der Waals surface area contributed by atoms with Crippen molar-refractivity contribution in [2.45, 2.75) is 19.3 Å². The van der Waals surface area contributed by atoms with Gasteiger partial charge in [-0.15, -0.1) is 0 Å². The first-order valence-corrected chi connectivity index (χ1v) is 4.93. The molecule has 1 rings (SSSR count). The Morgan fingerprint density at radius 2 is 1.89 bits per heavy atom. The van der Waals surface area contributed by atoms with E-state index >= 15 is 0 Å². The van der Waals surface area contributed by atoms with Gasteiger partial charge in [-0.3, -0.25) is 10.1 Å². The van der Waals surface area contributed by atoms with Crippen molar-refractivity contribution < 1.29 is 35.9 Å². The van der Waals surface area contributed by atoms with Crippen molar-refractivity contribution >= 4 is 11.9 Å². The van der Waals surface area contributed by atoms with Gasteiger partial charge in [0.15, 0.2) is 5.92 Å². The minimum atomic E-state index is -5.15. The highest BCUT2D eigenvalue weighted by molar-refractivity contribution is 5.97. The third-order valence-corrected chi connectivity index (χ3v) is 1.98. The van der Waals surface area contributed by atoms with E-state index < -0.39 is 35.9 Å². The Balaban J connectivity index is 3.23. The Bertz CT molecular complexity index is 423. The molecule has 19 heavy (non-hydrogen) atoms. The molecule has 0 spiro atoms. The lowest BCUT2D eigenvalue weighted by molar-refractivity contribution is -0.172. The van der Waals surface area contributed by atoms with Crippen molar-refractivity contribution in [2.75, 3.05) is 6.61 Å². The third kappa shape index (κ3) is 3.86. The molecule has 1 aliphatic rings. The van der Waals surface area contributed by atoms with E-state index in [-0.39, 0.29) is 12.7 Å². The summed E-state index contributed by atoms with van der Waals surface area (Å²) in [5.41, 5.74) is -1.84. The van der Waals surface area contributed by atoms with Crippen molar-refractivity contribution in [1.29, 1.82) is 0 Å². The van der Waals surface area contributed by atoms with Gasteiger partial charge in [-0.25, -0.2) is 0 Å². The Labute approximate surface area is 103 Å². The predicted octanol–water partition coefficient (Wildman–Crippen LogP) is 2.13. The molecule has 1 atom stereocenters. The molecule has 1 unspecified atom stereocenters. The fraction of sp³-hybridized carbons (Fsp3) is 0.556. The molecule has 0 aliphatic carbocycles. The number of hydrogen-bond acceptors (Lipinski definition) is 3. The largest absolute Gasteiger partial charge is 0.465 e. The first-order valence-electron chi connectivity index (χ1n) is 4.93. The van der Waals surface area contributed by atoms with Crippen molar-refractivity contribution in [1.82, 2.24) is 5.32 Å². The van der Waals surface area contributed by atoms with Crippen LogP contribution in [0, 0.1) is 5.92 Å². The fourth-order valence-corrected chi connectivity index (χ4v) is 1.20. The van der Waals surface area contributed by atoms with E-state index in [1.165, 1.54) is 6.92 Å². The zero-order valence-electron chi connectivity index (χ0n) is 9.39. The van der Waals surface area contributed by atoms with Gasteiger partial charge in [-0.1, -0.05) is 0 Å². The van der Waals surface area contributed by atoms with Gasteiger partial charge < -0.3 is 4.74 Å². The fourth-order valence-electron chi connectivity index (χ4n) is 1.20. The van der Waals surface area contributed by atoms with Gasteiger partial charge in [0, 0.05) is 0 Å². The van der Waals surface area contributed by atoms with E-state index in [4.69, 9.17) is 0 Å². The van der Waals surface area contributed by atoms with Gasteiger partial charge in [-0.05, 0) is 13.0 Å². The monoisotopic (exact) mass is 290 g/mol. The maximum atomic E-state index is 12.5. The molecule has 0 fully saturated rings. The van der Waals surface area contributed by atoms with E-state index in [0.717, 1.165) is 0 Å². The Morgan fingerprint density at radius 3 is 2.32 bits per heavy atom. The van der Waals surface area contributed by atoms with Crippen LogP contribution in [0.3, 0.4) is 0 Å². The van der Waals surface area contributed by atoms with E-state index in [1.54, 1.807) is 5.32 Å². The second kappa shape index (κ2) is 5.10. The molecule has 0 saturated heterocycles. The van der Waals surface area contributed by atoms with Crippen LogP contribution in [0.25, 0.3) is 0 Å². The van der Waals surface area contributed by atoms with Crippen molar-refractivity contribution in [3.63, 3.8) is 0 Å². The summed E-state index contributed by atoms with van der Waals surface area (Å²) in [6.45, 7) is 1.21. The molecular weight excluding hydrogens is 282 g/mol. The minimum Gasteiger partial charge on any atom is -0.465 e. The van der Waals surface area contributed by atoms with Crippen LogP contribution in [0.15, 0.2) is 16.8 Å². The van der Waals surface area contributed by atoms with E-state index in [0.29, 0.717) is 0 Å². The maximum absolute atomic E-state index is 12.5. The van der Waals surface area contributed by atoms with Crippen molar-refractivity contribution in [3.05, 3.63) is 11.8 Å². The summed E-state index contributed by atoms with van der Waals surface area (Å²) >= 11 is 0. The summed E-state index contributed by atoms with van der Waals surface area (Å²) in [5, 5.41) is 1.56. The number of allylic oxidation sites excluding steroid dienone is 1. The second-order valence-electron chi connectivity index (χ2n) is 3.41. The molecule has 1 heterocycles. The van der Waals surface area contributed by atoms with Crippen molar-refractivity contribution in [3.8, 4) is 0 Å². The molecule has 1 amide bonds. The normalized spacial score (nSPS) is 21.2. The Morgan fingerprint density at radius 1 is 1.32 bits per heavy atom. The predicted molar refractivity (Wildman–Crippen MR) is 50.9 cm³/mol. The Kier molecular flexibility index (Phi) is 4.11. The summed E-state index contributed by atoms with van der Waals surface area (Å²) in [4.78, 5) is 14.1. The molecule has 10 heteroatoms. The summed E-state index contributed by atoms with van der Waals surface area (Å²) in [5.74, 6) is -4.62. The number of aliphatic imine (C=N–C) groups is 1. The van der Waals surface area contributed by atoms with Gasteiger partial charge in [0.05, 0.1) is 6.61 Å². The lowest BCUT2D eigenvalue weighted by Crippen LogP contribution is -2.41. The van der Waals surface area contributed by atoms with Gasteiger partial charge in [0.25, 0.3) is 6.02 Å². The molecule has 0 bridgehead atoms.